The van der Waals surface area contributed by atoms with E-state index >= 15 is 0 Å². The van der Waals surface area contributed by atoms with E-state index in [1.807, 2.05) is 0 Å². The van der Waals surface area contributed by atoms with Gasteiger partial charge in [0.05, 0.1) is 0 Å². The largest absolute Gasteiger partial charge is 0.353 e. The molecular weight excluding hydrogens is 336 g/mol. The fourth-order valence-electron chi connectivity index (χ4n) is 3.27. The van der Waals surface area contributed by atoms with E-state index in [4.69, 9.17) is 0 Å². The third kappa shape index (κ3) is 3.92. The van der Waals surface area contributed by atoms with Crippen LogP contribution < -0.4 is 4.90 Å². The van der Waals surface area contributed by atoms with Gasteiger partial charge in [-0.15, -0.1) is 0 Å². The Bertz CT molecular complexity index is 694. The van der Waals surface area contributed by atoms with E-state index in [2.05, 4.69) is 14.9 Å². The molecule has 3 amide bonds. The van der Waals surface area contributed by atoms with E-state index in [1.54, 1.807) is 34.6 Å². The molecule has 2 fully saturated rings. The average molecular weight is 360 g/mol. The quantitative estimate of drug-likeness (QED) is 0.667. The van der Waals surface area contributed by atoms with Gasteiger partial charge < -0.3 is 19.6 Å². The predicted octanol–water partition coefficient (Wildman–Crippen LogP) is -0.632. The van der Waals surface area contributed by atoms with Crippen molar-refractivity contribution in [1.82, 2.24) is 24.7 Å². The van der Waals surface area contributed by atoms with Crippen molar-refractivity contribution < 1.29 is 14.4 Å². The van der Waals surface area contributed by atoms with Crippen molar-refractivity contribution in [2.24, 2.45) is 0 Å². The number of carbonyl (C=O) groups excluding carboxylic acids is 3. The summed E-state index contributed by atoms with van der Waals surface area (Å²) in [6.45, 7) is 8.07. The Morgan fingerprint density at radius 3 is 2.15 bits per heavy atom. The lowest BCUT2D eigenvalue weighted by atomic mass is 10.2. The first kappa shape index (κ1) is 18.1. The minimum absolute atomic E-state index is 0.0340. The van der Waals surface area contributed by atoms with Crippen molar-refractivity contribution in [2.75, 3.05) is 57.3 Å². The summed E-state index contributed by atoms with van der Waals surface area (Å²) in [5.41, 5.74) is 0.376. The van der Waals surface area contributed by atoms with Crippen molar-refractivity contribution in [3.05, 3.63) is 17.6 Å². The number of amides is 3. The van der Waals surface area contributed by atoms with E-state index < -0.39 is 0 Å². The zero-order chi connectivity index (χ0) is 18.7. The number of hydrogen-bond donors (Lipinski definition) is 0. The minimum atomic E-state index is -0.133. The number of aryl methyl sites for hydroxylation is 1. The second kappa shape index (κ2) is 7.67. The molecule has 26 heavy (non-hydrogen) atoms. The second-order valence-electron chi connectivity index (χ2n) is 6.59. The van der Waals surface area contributed by atoms with Crippen LogP contribution in [0, 0.1) is 6.92 Å². The second-order valence-corrected chi connectivity index (χ2v) is 6.59. The van der Waals surface area contributed by atoms with Gasteiger partial charge in [0.2, 0.25) is 12.3 Å². The molecule has 0 spiro atoms. The first-order chi connectivity index (χ1) is 12.5. The standard InChI is InChI=1S/C17H24N6O3/c1-13-18-15(17(26)23-9-7-21(8-10-23)14(2)25)11-16(19-13)22-5-3-20(12-24)4-6-22/h11-12H,3-10H2,1-2H3. The molecule has 0 aliphatic carbocycles. The fourth-order valence-corrected chi connectivity index (χ4v) is 3.27. The third-order valence-electron chi connectivity index (χ3n) is 4.84. The molecule has 0 saturated carbocycles. The van der Waals surface area contributed by atoms with Crippen LogP contribution in [0.1, 0.15) is 23.2 Å². The molecule has 1 aromatic rings. The highest BCUT2D eigenvalue weighted by Crippen LogP contribution is 2.17. The highest BCUT2D eigenvalue weighted by Gasteiger charge is 2.25. The molecule has 140 valence electrons. The van der Waals surface area contributed by atoms with E-state index in [9.17, 15) is 14.4 Å². The molecule has 2 saturated heterocycles. The van der Waals surface area contributed by atoms with Gasteiger partial charge in [-0.25, -0.2) is 9.97 Å². The normalized spacial score (nSPS) is 18.1. The summed E-state index contributed by atoms with van der Waals surface area (Å²) in [5.74, 6) is 1.16. The smallest absolute Gasteiger partial charge is 0.272 e. The Morgan fingerprint density at radius 2 is 1.58 bits per heavy atom. The summed E-state index contributed by atoms with van der Waals surface area (Å²) < 4.78 is 0. The summed E-state index contributed by atoms with van der Waals surface area (Å²) in [4.78, 5) is 51.1. The highest BCUT2D eigenvalue weighted by molar-refractivity contribution is 5.93. The van der Waals surface area contributed by atoms with Crippen LogP contribution in [-0.2, 0) is 9.59 Å². The van der Waals surface area contributed by atoms with Crippen LogP contribution in [0.2, 0.25) is 0 Å². The maximum absolute atomic E-state index is 12.8. The van der Waals surface area contributed by atoms with Gasteiger partial charge in [-0.3, -0.25) is 14.4 Å². The van der Waals surface area contributed by atoms with Crippen LogP contribution in [0.3, 0.4) is 0 Å². The molecule has 3 heterocycles. The van der Waals surface area contributed by atoms with Gasteiger partial charge in [0, 0.05) is 65.3 Å². The van der Waals surface area contributed by atoms with Gasteiger partial charge in [-0.1, -0.05) is 0 Å². The molecule has 0 aromatic carbocycles. The van der Waals surface area contributed by atoms with Crippen LogP contribution >= 0.6 is 0 Å². The molecule has 9 nitrogen and oxygen atoms in total. The van der Waals surface area contributed by atoms with Crippen molar-refractivity contribution in [3.63, 3.8) is 0 Å². The SMILES string of the molecule is CC(=O)N1CCN(C(=O)c2cc(N3CCN(C=O)CC3)nc(C)n2)CC1. The number of aromatic nitrogens is 2. The summed E-state index contributed by atoms with van der Waals surface area (Å²) in [5, 5.41) is 0. The molecule has 0 unspecified atom stereocenters. The summed E-state index contributed by atoms with van der Waals surface area (Å²) >= 11 is 0. The first-order valence-electron chi connectivity index (χ1n) is 8.82. The Morgan fingerprint density at radius 1 is 0.962 bits per heavy atom. The van der Waals surface area contributed by atoms with E-state index in [0.717, 1.165) is 6.41 Å². The van der Waals surface area contributed by atoms with Crippen LogP contribution in [-0.4, -0.2) is 95.3 Å². The lowest BCUT2D eigenvalue weighted by Gasteiger charge is -2.35. The lowest BCUT2D eigenvalue weighted by molar-refractivity contribution is -0.130. The molecule has 1 aromatic heterocycles. The van der Waals surface area contributed by atoms with Gasteiger partial charge in [0.25, 0.3) is 5.91 Å². The molecular formula is C17H24N6O3. The number of anilines is 1. The minimum Gasteiger partial charge on any atom is -0.353 e. The maximum atomic E-state index is 12.8. The average Bonchev–Trinajstić information content (AvgIpc) is 2.67. The highest BCUT2D eigenvalue weighted by atomic mass is 16.2. The summed E-state index contributed by atoms with van der Waals surface area (Å²) in [6.07, 6.45) is 0.859. The lowest BCUT2D eigenvalue weighted by Crippen LogP contribution is -2.50. The Balaban J connectivity index is 1.70. The molecule has 0 atom stereocenters. The number of hydrogen-bond acceptors (Lipinski definition) is 6. The molecule has 3 rings (SSSR count). The van der Waals surface area contributed by atoms with Gasteiger partial charge in [-0.2, -0.15) is 0 Å². The van der Waals surface area contributed by atoms with Crippen LogP contribution in [0.5, 0.6) is 0 Å². The van der Waals surface area contributed by atoms with Gasteiger partial charge >= 0.3 is 0 Å². The Kier molecular flexibility index (Phi) is 5.34. The third-order valence-corrected chi connectivity index (χ3v) is 4.84. The van der Waals surface area contributed by atoms with Crippen molar-refractivity contribution >= 4 is 24.0 Å². The number of piperazine rings is 2. The number of nitrogens with zero attached hydrogens (tertiary/aromatic N) is 6. The van der Waals surface area contributed by atoms with Gasteiger partial charge in [0.15, 0.2) is 0 Å². The molecule has 2 aliphatic heterocycles. The molecule has 2 aliphatic rings. The van der Waals surface area contributed by atoms with Crippen LogP contribution in [0.15, 0.2) is 6.07 Å². The molecule has 0 N–H and O–H groups in total. The maximum Gasteiger partial charge on any atom is 0.272 e. The van der Waals surface area contributed by atoms with E-state index in [0.29, 0.717) is 69.7 Å². The van der Waals surface area contributed by atoms with Crippen LogP contribution in [0.4, 0.5) is 5.82 Å². The Hall–Kier alpha value is -2.71. The number of carbonyl (C=O) groups is 3. The first-order valence-corrected chi connectivity index (χ1v) is 8.82. The Labute approximate surface area is 152 Å². The summed E-state index contributed by atoms with van der Waals surface area (Å²) in [7, 11) is 0. The predicted molar refractivity (Wildman–Crippen MR) is 94.8 cm³/mol. The van der Waals surface area contributed by atoms with Crippen LogP contribution in [0.25, 0.3) is 0 Å². The monoisotopic (exact) mass is 360 g/mol. The topological polar surface area (TPSA) is 90.0 Å². The van der Waals surface area contributed by atoms with Crippen molar-refractivity contribution in [2.45, 2.75) is 13.8 Å². The van der Waals surface area contributed by atoms with Crippen molar-refractivity contribution in [1.29, 1.82) is 0 Å². The van der Waals surface area contributed by atoms with Gasteiger partial charge in [-0.05, 0) is 6.92 Å². The zero-order valence-corrected chi connectivity index (χ0v) is 15.2. The van der Waals surface area contributed by atoms with E-state index in [1.165, 1.54) is 0 Å². The van der Waals surface area contributed by atoms with Crippen molar-refractivity contribution in [3.8, 4) is 0 Å². The van der Waals surface area contributed by atoms with Gasteiger partial charge in [0.1, 0.15) is 17.3 Å². The molecule has 9 heteroatoms. The molecule has 0 bridgehead atoms. The number of rotatable bonds is 3. The fraction of sp³-hybridized carbons (Fsp3) is 0.588. The van der Waals surface area contributed by atoms with E-state index in [-0.39, 0.29) is 11.8 Å². The zero-order valence-electron chi connectivity index (χ0n) is 15.2. The molecule has 0 radical (unpaired) electrons. The summed E-state index contributed by atoms with van der Waals surface area (Å²) in [6, 6.07) is 1.73.